The predicted molar refractivity (Wildman–Crippen MR) is 102 cm³/mol. The Balaban J connectivity index is 1.87. The third-order valence-corrected chi connectivity index (χ3v) is 4.22. The lowest BCUT2D eigenvalue weighted by atomic mass is 10.1. The fourth-order valence-electron chi connectivity index (χ4n) is 2.49. The Bertz CT molecular complexity index is 814. The Kier molecular flexibility index (Phi) is 6.39. The maximum absolute atomic E-state index is 12.2. The molecule has 0 fully saturated rings. The lowest BCUT2D eigenvalue weighted by Gasteiger charge is -2.16. The Morgan fingerprint density at radius 3 is 2.46 bits per heavy atom. The number of carbonyl (C=O) groups excluding carboxylic acids is 2. The van der Waals surface area contributed by atoms with E-state index in [1.165, 1.54) is 6.92 Å². The van der Waals surface area contributed by atoms with E-state index in [2.05, 4.69) is 5.32 Å². The molecular formula is C21H25NO4. The molecule has 0 aliphatic heterocycles. The molecule has 0 aromatic heterocycles. The molecular weight excluding hydrogens is 330 g/mol. The Morgan fingerprint density at radius 2 is 1.77 bits per heavy atom. The van der Waals surface area contributed by atoms with Crippen LogP contribution in [-0.2, 0) is 14.3 Å². The smallest absolute Gasteiger partial charge is 0.344 e. The molecule has 0 bridgehead atoms. The van der Waals surface area contributed by atoms with E-state index in [1.54, 1.807) is 6.07 Å². The fourth-order valence-corrected chi connectivity index (χ4v) is 2.49. The molecule has 0 aliphatic rings. The van der Waals surface area contributed by atoms with Crippen molar-refractivity contribution >= 4 is 17.6 Å². The molecule has 1 atom stereocenters. The van der Waals surface area contributed by atoms with Gasteiger partial charge in [-0.15, -0.1) is 0 Å². The third kappa shape index (κ3) is 5.09. The molecule has 2 rings (SSSR count). The summed E-state index contributed by atoms with van der Waals surface area (Å²) in [4.78, 5) is 24.2. The van der Waals surface area contributed by atoms with Crippen LogP contribution >= 0.6 is 0 Å². The molecule has 0 unspecified atom stereocenters. The molecule has 2 aromatic carbocycles. The largest absolute Gasteiger partial charge is 0.482 e. The predicted octanol–water partition coefficient (Wildman–Crippen LogP) is 3.87. The number of hydrogen-bond acceptors (Lipinski definition) is 4. The normalized spacial score (nSPS) is 11.6. The first kappa shape index (κ1) is 19.5. The average Bonchev–Trinajstić information content (AvgIpc) is 2.58. The molecule has 1 N–H and O–H groups in total. The zero-order valence-electron chi connectivity index (χ0n) is 15.9. The number of anilines is 1. The quantitative estimate of drug-likeness (QED) is 0.799. The van der Waals surface area contributed by atoms with Gasteiger partial charge in [0, 0.05) is 5.69 Å². The van der Waals surface area contributed by atoms with Gasteiger partial charge < -0.3 is 14.8 Å². The van der Waals surface area contributed by atoms with Gasteiger partial charge in [-0.2, -0.15) is 0 Å². The summed E-state index contributed by atoms with van der Waals surface area (Å²) >= 11 is 0. The van der Waals surface area contributed by atoms with Crippen LogP contribution in [0.5, 0.6) is 5.75 Å². The second kappa shape index (κ2) is 8.52. The number of amides is 1. The van der Waals surface area contributed by atoms with Crippen LogP contribution in [0, 0.1) is 27.7 Å². The molecule has 0 saturated heterocycles. The molecule has 1 amide bonds. The summed E-state index contributed by atoms with van der Waals surface area (Å²) < 4.78 is 10.7. The number of nitrogens with one attached hydrogen (secondary N) is 1. The van der Waals surface area contributed by atoms with E-state index >= 15 is 0 Å². The van der Waals surface area contributed by atoms with E-state index < -0.39 is 12.1 Å². The van der Waals surface area contributed by atoms with Crippen molar-refractivity contribution in [2.75, 3.05) is 11.9 Å². The molecule has 26 heavy (non-hydrogen) atoms. The van der Waals surface area contributed by atoms with Gasteiger partial charge in [0.15, 0.2) is 12.7 Å². The number of carbonyl (C=O) groups is 2. The summed E-state index contributed by atoms with van der Waals surface area (Å²) in [5.41, 5.74) is 4.83. The number of aryl methyl sites for hydroxylation is 3. The zero-order chi connectivity index (χ0) is 19.3. The summed E-state index contributed by atoms with van der Waals surface area (Å²) in [6, 6.07) is 11.4. The molecule has 0 aliphatic carbocycles. The number of ether oxygens (including phenoxy) is 2. The standard InChI is InChI=1S/C21H25NO4/c1-13-9-10-18(15(3)11-13)22-21(24)17(5)26-20(23)12-25-19-8-6-7-14(2)16(19)4/h6-11,17H,12H2,1-5H3,(H,22,24)/t17-/m0/s1. The van der Waals surface area contributed by atoms with Gasteiger partial charge in [-0.25, -0.2) is 4.79 Å². The lowest BCUT2D eigenvalue weighted by molar-refractivity contribution is -0.155. The molecule has 0 radical (unpaired) electrons. The van der Waals surface area contributed by atoms with E-state index in [-0.39, 0.29) is 12.5 Å². The van der Waals surface area contributed by atoms with Crippen molar-refractivity contribution in [2.45, 2.75) is 40.7 Å². The first-order valence-electron chi connectivity index (χ1n) is 8.54. The molecule has 5 heteroatoms. The van der Waals surface area contributed by atoms with Crippen molar-refractivity contribution in [1.29, 1.82) is 0 Å². The summed E-state index contributed by atoms with van der Waals surface area (Å²) in [5.74, 6) is -0.333. The molecule has 0 spiro atoms. The summed E-state index contributed by atoms with van der Waals surface area (Å²) in [6.45, 7) is 9.09. The summed E-state index contributed by atoms with van der Waals surface area (Å²) in [5, 5.41) is 2.78. The van der Waals surface area contributed by atoms with Crippen molar-refractivity contribution in [3.05, 3.63) is 58.7 Å². The Hall–Kier alpha value is -2.82. The number of hydrogen-bond donors (Lipinski definition) is 1. The Morgan fingerprint density at radius 1 is 1.04 bits per heavy atom. The highest BCUT2D eigenvalue weighted by molar-refractivity contribution is 5.95. The van der Waals surface area contributed by atoms with Gasteiger partial charge >= 0.3 is 5.97 Å². The fraction of sp³-hybridized carbons (Fsp3) is 0.333. The molecule has 5 nitrogen and oxygen atoms in total. The van der Waals surface area contributed by atoms with Gasteiger partial charge in [0.25, 0.3) is 5.91 Å². The van der Waals surface area contributed by atoms with Crippen molar-refractivity contribution in [1.82, 2.24) is 0 Å². The van der Waals surface area contributed by atoms with Crippen LogP contribution in [0.25, 0.3) is 0 Å². The van der Waals surface area contributed by atoms with Gasteiger partial charge in [-0.05, 0) is 63.4 Å². The van der Waals surface area contributed by atoms with Crippen LogP contribution in [0.4, 0.5) is 5.69 Å². The van der Waals surface area contributed by atoms with Gasteiger partial charge in [0.1, 0.15) is 5.75 Å². The minimum atomic E-state index is -0.912. The van der Waals surface area contributed by atoms with Crippen molar-refractivity contribution < 1.29 is 19.1 Å². The molecule has 0 saturated carbocycles. The SMILES string of the molecule is Cc1ccc(NC(=O)[C@H](C)OC(=O)COc2cccc(C)c2C)c(C)c1. The van der Waals surface area contributed by atoms with Crippen molar-refractivity contribution in [3.63, 3.8) is 0 Å². The van der Waals surface area contributed by atoms with Crippen molar-refractivity contribution in [3.8, 4) is 5.75 Å². The maximum Gasteiger partial charge on any atom is 0.344 e. The molecule has 138 valence electrons. The van der Waals surface area contributed by atoms with E-state index in [0.29, 0.717) is 11.4 Å². The van der Waals surface area contributed by atoms with E-state index in [0.717, 1.165) is 22.3 Å². The maximum atomic E-state index is 12.2. The average molecular weight is 355 g/mol. The van der Waals surface area contributed by atoms with Gasteiger partial charge in [0.2, 0.25) is 0 Å². The topological polar surface area (TPSA) is 64.6 Å². The highest BCUT2D eigenvalue weighted by atomic mass is 16.6. The van der Waals surface area contributed by atoms with E-state index in [1.807, 2.05) is 58.0 Å². The Labute approximate surface area is 154 Å². The van der Waals surface area contributed by atoms with Crippen LogP contribution < -0.4 is 10.1 Å². The van der Waals surface area contributed by atoms with Gasteiger partial charge in [0.05, 0.1) is 0 Å². The number of rotatable bonds is 6. The third-order valence-electron chi connectivity index (χ3n) is 4.22. The van der Waals surface area contributed by atoms with Crippen LogP contribution in [0.3, 0.4) is 0 Å². The van der Waals surface area contributed by atoms with Crippen LogP contribution in [0.2, 0.25) is 0 Å². The summed E-state index contributed by atoms with van der Waals surface area (Å²) in [7, 11) is 0. The molecule has 2 aromatic rings. The minimum Gasteiger partial charge on any atom is -0.482 e. The minimum absolute atomic E-state index is 0.245. The zero-order valence-corrected chi connectivity index (χ0v) is 15.9. The summed E-state index contributed by atoms with van der Waals surface area (Å²) in [6.07, 6.45) is -0.912. The monoisotopic (exact) mass is 355 g/mol. The van der Waals surface area contributed by atoms with Crippen LogP contribution in [0.15, 0.2) is 36.4 Å². The van der Waals surface area contributed by atoms with E-state index in [4.69, 9.17) is 9.47 Å². The van der Waals surface area contributed by atoms with Gasteiger partial charge in [-0.1, -0.05) is 29.8 Å². The van der Waals surface area contributed by atoms with Crippen molar-refractivity contribution in [2.24, 2.45) is 0 Å². The van der Waals surface area contributed by atoms with Crippen LogP contribution in [-0.4, -0.2) is 24.6 Å². The van der Waals surface area contributed by atoms with Crippen LogP contribution in [0.1, 0.15) is 29.2 Å². The highest BCUT2D eigenvalue weighted by Crippen LogP contribution is 2.20. The number of esters is 1. The second-order valence-corrected chi connectivity index (χ2v) is 6.43. The number of benzene rings is 2. The highest BCUT2D eigenvalue weighted by Gasteiger charge is 2.19. The first-order valence-corrected chi connectivity index (χ1v) is 8.54. The molecule has 0 heterocycles. The first-order chi connectivity index (χ1) is 12.3. The lowest BCUT2D eigenvalue weighted by Crippen LogP contribution is -2.32. The van der Waals surface area contributed by atoms with E-state index in [9.17, 15) is 9.59 Å². The second-order valence-electron chi connectivity index (χ2n) is 6.43. The van der Waals surface area contributed by atoms with Gasteiger partial charge in [-0.3, -0.25) is 4.79 Å².